The molecule has 1 aliphatic heterocycles. The van der Waals surface area contributed by atoms with Crippen molar-refractivity contribution in [3.63, 3.8) is 0 Å². The average molecular weight is 408 g/mol. The molecule has 4 rings (SSSR count). The second-order valence-electron chi connectivity index (χ2n) is 6.92. The molecule has 0 saturated carbocycles. The number of thiazole rings is 1. The number of rotatable bonds is 5. The molecule has 2 aromatic heterocycles. The highest BCUT2D eigenvalue weighted by molar-refractivity contribution is 7.18. The van der Waals surface area contributed by atoms with Crippen molar-refractivity contribution in [3.8, 4) is 0 Å². The average Bonchev–Trinajstić information content (AvgIpc) is 3.18. The molecule has 28 heavy (non-hydrogen) atoms. The molecule has 1 N–H and O–H groups in total. The molecule has 0 amide bonds. The summed E-state index contributed by atoms with van der Waals surface area (Å²) in [4.78, 5) is 15.2. The summed E-state index contributed by atoms with van der Waals surface area (Å²) in [7, 11) is 0. The maximum Gasteiger partial charge on any atom is 0.162 e. The number of nitrogens with zero attached hydrogens (tertiary/aromatic N) is 4. The van der Waals surface area contributed by atoms with Gasteiger partial charge in [-0.05, 0) is 30.5 Å². The summed E-state index contributed by atoms with van der Waals surface area (Å²) in [6.45, 7) is 3.10. The predicted octanol–water partition coefficient (Wildman–Crippen LogP) is 4.56. The van der Waals surface area contributed by atoms with Crippen molar-refractivity contribution in [2.24, 2.45) is 0 Å². The molecule has 1 aliphatic rings. The number of anilines is 1. The second-order valence-corrected chi connectivity index (χ2v) is 7.89. The standard InChI is InChI=1S/C20H23F2N5S/c1-12(2)19-26-17-18(23-11-24-20(17)28-19)25-16-3-5-27(6-4-16)10-13-7-14(21)9-15(22)8-13/h7-9,11-12,16H,3-6,10H2,1-2H3,(H,23,24,25)/i10D,12D,16D/hD. The van der Waals surface area contributed by atoms with Crippen LogP contribution in [0.3, 0.4) is 0 Å². The van der Waals surface area contributed by atoms with E-state index in [1.54, 1.807) is 18.7 Å². The monoisotopic (exact) mass is 407 g/mol. The minimum absolute atomic E-state index is 0.208. The van der Waals surface area contributed by atoms with E-state index in [9.17, 15) is 8.78 Å². The first-order valence-electron chi connectivity index (χ1n) is 11.0. The van der Waals surface area contributed by atoms with Crippen LogP contribution >= 0.6 is 11.3 Å². The molecule has 1 unspecified atom stereocenters. The van der Waals surface area contributed by atoms with Gasteiger partial charge in [-0.3, -0.25) is 4.90 Å². The van der Waals surface area contributed by atoms with Gasteiger partial charge in [0.1, 0.15) is 28.3 Å². The van der Waals surface area contributed by atoms with Crippen molar-refractivity contribution in [3.05, 3.63) is 46.7 Å². The van der Waals surface area contributed by atoms with Gasteiger partial charge in [-0.2, -0.15) is 0 Å². The fourth-order valence-electron chi connectivity index (χ4n) is 3.07. The lowest BCUT2D eigenvalue weighted by atomic mass is 10.0. The SMILES string of the molecule is [2H]C(c1cc(F)cc(F)c1)N1CCC([2H])(N([2H])c2ncnc3sc(C([2H])(C)C)nc23)CC1. The maximum absolute atomic E-state index is 13.5. The number of halogens is 2. The summed E-state index contributed by atoms with van der Waals surface area (Å²) in [5.41, 5.74) is 0.610. The number of likely N-dealkylation sites (tertiary alicyclic amines) is 1. The highest BCUT2D eigenvalue weighted by Gasteiger charge is 2.21. The number of benzene rings is 1. The zero-order valence-electron chi connectivity index (χ0n) is 19.6. The zero-order valence-corrected chi connectivity index (χ0v) is 16.4. The van der Waals surface area contributed by atoms with Crippen LogP contribution in [0.25, 0.3) is 10.3 Å². The molecule has 3 heterocycles. The van der Waals surface area contributed by atoms with Gasteiger partial charge in [0.05, 0.1) is 6.38 Å². The number of hydrogen-bond donors (Lipinski definition) is 1. The lowest BCUT2D eigenvalue weighted by Crippen LogP contribution is -2.38. The Bertz CT molecular complexity index is 1110. The van der Waals surface area contributed by atoms with Gasteiger partial charge in [0.15, 0.2) is 7.23 Å². The van der Waals surface area contributed by atoms with Gasteiger partial charge in [-0.25, -0.2) is 23.7 Å². The van der Waals surface area contributed by atoms with Crippen LogP contribution in [0.5, 0.6) is 0 Å². The molecule has 1 saturated heterocycles. The summed E-state index contributed by atoms with van der Waals surface area (Å²) >= 11 is 1.27. The second kappa shape index (κ2) is 8.05. The Balaban J connectivity index is 1.53. The first-order chi connectivity index (χ1) is 15.0. The highest BCUT2D eigenvalue weighted by Crippen LogP contribution is 2.29. The summed E-state index contributed by atoms with van der Waals surface area (Å²) in [6.07, 6.45) is 1.79. The van der Waals surface area contributed by atoms with Crippen LogP contribution < -0.4 is 5.31 Å². The van der Waals surface area contributed by atoms with Crippen LogP contribution in [0.1, 0.15) is 47.3 Å². The molecular weight excluding hydrogens is 380 g/mol. The predicted molar refractivity (Wildman–Crippen MR) is 108 cm³/mol. The summed E-state index contributed by atoms with van der Waals surface area (Å²) in [6, 6.07) is 1.75. The van der Waals surface area contributed by atoms with E-state index in [0.717, 1.165) is 23.5 Å². The van der Waals surface area contributed by atoms with E-state index in [-0.39, 0.29) is 24.2 Å². The van der Waals surface area contributed by atoms with E-state index in [2.05, 4.69) is 15.0 Å². The van der Waals surface area contributed by atoms with Gasteiger partial charge in [0.2, 0.25) is 0 Å². The van der Waals surface area contributed by atoms with Gasteiger partial charge >= 0.3 is 0 Å². The fourth-order valence-corrected chi connectivity index (χ4v) is 3.93. The number of nitrogens with one attached hydrogen (secondary N) is 1. The van der Waals surface area contributed by atoms with Gasteiger partial charge in [0, 0.05) is 40.3 Å². The van der Waals surface area contributed by atoms with Crippen molar-refractivity contribution in [2.45, 2.75) is 45.1 Å². The van der Waals surface area contributed by atoms with Crippen molar-refractivity contribution in [1.29, 1.82) is 0 Å². The Kier molecular flexibility index (Phi) is 4.24. The lowest BCUT2D eigenvalue weighted by molar-refractivity contribution is 0.211. The number of fused-ring (bicyclic) bond motifs is 1. The van der Waals surface area contributed by atoms with Crippen LogP contribution in [0, 0.1) is 11.6 Å². The minimum atomic E-state index is -1.31. The number of hydrogen-bond acceptors (Lipinski definition) is 6. The van der Waals surface area contributed by atoms with E-state index in [1.807, 2.05) is 0 Å². The molecular formula is C20H23F2N5S. The Morgan fingerprint density at radius 1 is 1.32 bits per heavy atom. The minimum Gasteiger partial charge on any atom is -0.365 e. The van der Waals surface area contributed by atoms with Gasteiger partial charge in [0.25, 0.3) is 0 Å². The molecule has 148 valence electrons. The molecule has 0 bridgehead atoms. The first kappa shape index (κ1) is 14.8. The Morgan fingerprint density at radius 3 is 2.71 bits per heavy atom. The van der Waals surface area contributed by atoms with Gasteiger partial charge in [-0.15, -0.1) is 0 Å². The number of piperidine rings is 1. The molecule has 1 fully saturated rings. The fraction of sp³-hybridized carbons (Fsp3) is 0.450. The molecule has 0 aliphatic carbocycles. The molecule has 3 aromatic rings. The van der Waals surface area contributed by atoms with E-state index in [1.165, 1.54) is 17.7 Å². The Labute approximate surface area is 172 Å². The van der Waals surface area contributed by atoms with Crippen LogP contribution in [-0.4, -0.2) is 39.0 Å². The zero-order chi connectivity index (χ0) is 23.3. The van der Waals surface area contributed by atoms with Crippen molar-refractivity contribution in [1.82, 2.24) is 19.9 Å². The largest absolute Gasteiger partial charge is 0.365 e. The van der Waals surface area contributed by atoms with Crippen molar-refractivity contribution in [2.75, 3.05) is 18.4 Å². The van der Waals surface area contributed by atoms with Crippen molar-refractivity contribution >= 4 is 27.5 Å². The Hall–Kier alpha value is -2.19. The quantitative estimate of drug-likeness (QED) is 0.672. The van der Waals surface area contributed by atoms with E-state index in [4.69, 9.17) is 5.52 Å². The molecule has 8 heteroatoms. The molecule has 0 spiro atoms. The normalized spacial score (nSPS) is 20.9. The third-order valence-electron chi connectivity index (χ3n) is 4.46. The van der Waals surface area contributed by atoms with Gasteiger partial charge in [-0.1, -0.05) is 25.2 Å². The number of aromatic nitrogens is 3. The molecule has 0 radical (unpaired) electrons. The summed E-state index contributed by atoms with van der Waals surface area (Å²) < 4.78 is 61.2. The van der Waals surface area contributed by atoms with Crippen LogP contribution in [0.2, 0.25) is 1.41 Å². The van der Waals surface area contributed by atoms with E-state index in [0.29, 0.717) is 28.4 Å². The summed E-state index contributed by atoms with van der Waals surface area (Å²) in [5, 5.41) is 1.59. The van der Waals surface area contributed by atoms with E-state index >= 15 is 0 Å². The molecule has 1 atom stereocenters. The first-order valence-corrected chi connectivity index (χ1v) is 9.83. The highest BCUT2D eigenvalue weighted by atomic mass is 32.1. The lowest BCUT2D eigenvalue weighted by Gasteiger charge is -2.32. The van der Waals surface area contributed by atoms with Crippen LogP contribution in [0.15, 0.2) is 24.5 Å². The smallest absolute Gasteiger partial charge is 0.162 e. The third kappa shape index (κ3) is 4.28. The third-order valence-corrected chi connectivity index (χ3v) is 5.64. The van der Waals surface area contributed by atoms with Crippen LogP contribution in [-0.2, 0) is 6.52 Å². The van der Waals surface area contributed by atoms with Crippen molar-refractivity contribution < 1.29 is 14.3 Å². The van der Waals surface area contributed by atoms with Crippen LogP contribution in [0.4, 0.5) is 14.6 Å². The molecule has 1 aromatic carbocycles. The topological polar surface area (TPSA) is 53.9 Å². The van der Waals surface area contributed by atoms with E-state index < -0.39 is 30.1 Å². The summed E-state index contributed by atoms with van der Waals surface area (Å²) in [5.74, 6) is -2.17. The Morgan fingerprint density at radius 2 is 2.04 bits per heavy atom. The molecule has 5 nitrogen and oxygen atoms in total. The maximum atomic E-state index is 13.5. The van der Waals surface area contributed by atoms with Gasteiger partial charge < -0.3 is 5.31 Å².